The molecule has 2 N–H and O–H groups in total. The Hall–Kier alpha value is -3.29. The molecule has 1 aliphatic heterocycles. The maximum Gasteiger partial charge on any atom is 0.250 e. The van der Waals surface area contributed by atoms with Gasteiger partial charge in [-0.15, -0.1) is 0 Å². The number of benzene rings is 2. The summed E-state index contributed by atoms with van der Waals surface area (Å²) in [6.07, 6.45) is 3.86. The van der Waals surface area contributed by atoms with Crippen LogP contribution in [0.5, 0.6) is 0 Å². The summed E-state index contributed by atoms with van der Waals surface area (Å²) in [6.45, 7) is 4.08. The maximum atomic E-state index is 13.0. The number of nitriles is 1. The van der Waals surface area contributed by atoms with Gasteiger partial charge in [0.05, 0.1) is 17.6 Å². The molecular formula is C24H22ClN3O. The van der Waals surface area contributed by atoms with E-state index in [9.17, 15) is 10.1 Å². The number of allylic oxidation sites excluding steroid dienone is 3. The summed E-state index contributed by atoms with van der Waals surface area (Å²) in [7, 11) is 0. The van der Waals surface area contributed by atoms with E-state index in [0.29, 0.717) is 22.7 Å². The fourth-order valence-electron chi connectivity index (χ4n) is 3.47. The average Bonchev–Trinajstić information content (AvgIpc) is 2.71. The number of carbonyl (C=O) groups excluding carboxylic acids is 1. The summed E-state index contributed by atoms with van der Waals surface area (Å²) in [4.78, 5) is 13.0. The van der Waals surface area contributed by atoms with Crippen molar-refractivity contribution in [2.24, 2.45) is 0 Å². The lowest BCUT2D eigenvalue weighted by Crippen LogP contribution is -2.34. The summed E-state index contributed by atoms with van der Waals surface area (Å²) >= 11 is 6.18. The average molecular weight is 404 g/mol. The topological polar surface area (TPSA) is 64.9 Å². The fourth-order valence-corrected chi connectivity index (χ4v) is 3.67. The Morgan fingerprint density at radius 2 is 1.93 bits per heavy atom. The number of hydrogen-bond donors (Lipinski definition) is 2. The van der Waals surface area contributed by atoms with Gasteiger partial charge < -0.3 is 10.6 Å². The molecule has 4 nitrogen and oxygen atoms in total. The number of hydrogen-bond acceptors (Lipinski definition) is 3. The third-order valence-electron chi connectivity index (χ3n) is 4.80. The molecule has 1 aliphatic rings. The third-order valence-corrected chi connectivity index (χ3v) is 5.03. The highest BCUT2D eigenvalue weighted by Gasteiger charge is 2.33. The minimum atomic E-state index is -0.460. The molecule has 5 heteroatoms. The van der Waals surface area contributed by atoms with Crippen LogP contribution in [0.25, 0.3) is 6.08 Å². The van der Waals surface area contributed by atoms with Crippen LogP contribution in [-0.4, -0.2) is 12.5 Å². The normalized spacial score (nSPS) is 16.6. The summed E-state index contributed by atoms with van der Waals surface area (Å²) in [6, 6.07) is 19.5. The standard InChI is InChI=1S/C24H22ClN3O/c1-16-21(15-26)23(19-11-6-12-20(25)14-19)22(17(2)28-16)24(29)27-13-7-10-18-8-4-3-5-9-18/h3-12,14,23,28H,13H2,1-2H3,(H,27,29)/b10-7+. The molecule has 0 bridgehead atoms. The Morgan fingerprint density at radius 3 is 2.62 bits per heavy atom. The molecule has 0 saturated carbocycles. The van der Waals surface area contributed by atoms with E-state index in [2.05, 4.69) is 16.7 Å². The lowest BCUT2D eigenvalue weighted by Gasteiger charge is -2.29. The second-order valence-corrected chi connectivity index (χ2v) is 7.26. The van der Waals surface area contributed by atoms with Crippen molar-refractivity contribution in [3.05, 3.63) is 99.4 Å². The van der Waals surface area contributed by atoms with Crippen molar-refractivity contribution in [2.75, 3.05) is 6.54 Å². The van der Waals surface area contributed by atoms with E-state index >= 15 is 0 Å². The van der Waals surface area contributed by atoms with Crippen molar-refractivity contribution in [1.29, 1.82) is 5.26 Å². The second kappa shape index (κ2) is 9.27. The van der Waals surface area contributed by atoms with Gasteiger partial charge in [-0.25, -0.2) is 0 Å². The van der Waals surface area contributed by atoms with Crippen LogP contribution in [0.4, 0.5) is 0 Å². The molecule has 2 aromatic rings. The van der Waals surface area contributed by atoms with Crippen molar-refractivity contribution in [2.45, 2.75) is 19.8 Å². The second-order valence-electron chi connectivity index (χ2n) is 6.83. The van der Waals surface area contributed by atoms with Crippen molar-refractivity contribution in [3.8, 4) is 6.07 Å². The van der Waals surface area contributed by atoms with Gasteiger partial charge in [0.1, 0.15) is 0 Å². The van der Waals surface area contributed by atoms with Gasteiger partial charge in [0, 0.05) is 28.5 Å². The van der Waals surface area contributed by atoms with Crippen LogP contribution in [0.3, 0.4) is 0 Å². The molecule has 1 atom stereocenters. The van der Waals surface area contributed by atoms with E-state index < -0.39 is 5.92 Å². The predicted octanol–water partition coefficient (Wildman–Crippen LogP) is 4.93. The Morgan fingerprint density at radius 1 is 1.17 bits per heavy atom. The van der Waals surface area contributed by atoms with Crippen LogP contribution in [0.15, 0.2) is 83.2 Å². The molecule has 1 heterocycles. The van der Waals surface area contributed by atoms with Crippen molar-refractivity contribution in [3.63, 3.8) is 0 Å². The van der Waals surface area contributed by atoms with Gasteiger partial charge in [-0.2, -0.15) is 5.26 Å². The molecule has 0 aromatic heterocycles. The zero-order valence-electron chi connectivity index (χ0n) is 16.4. The van der Waals surface area contributed by atoms with Gasteiger partial charge in [0.15, 0.2) is 0 Å². The van der Waals surface area contributed by atoms with E-state index in [0.717, 1.165) is 22.5 Å². The molecular weight excluding hydrogens is 382 g/mol. The molecule has 2 aromatic carbocycles. The number of nitrogens with zero attached hydrogens (tertiary/aromatic N) is 1. The maximum absolute atomic E-state index is 13.0. The Bertz CT molecular complexity index is 1050. The van der Waals surface area contributed by atoms with Crippen molar-refractivity contribution >= 4 is 23.6 Å². The third kappa shape index (κ3) is 4.77. The first-order valence-corrected chi connectivity index (χ1v) is 9.73. The molecule has 146 valence electrons. The smallest absolute Gasteiger partial charge is 0.250 e. The fraction of sp³-hybridized carbons (Fsp3) is 0.167. The molecule has 0 saturated heterocycles. The van der Waals surface area contributed by atoms with E-state index in [1.54, 1.807) is 12.1 Å². The highest BCUT2D eigenvalue weighted by molar-refractivity contribution is 6.30. The summed E-state index contributed by atoms with van der Waals surface area (Å²) < 4.78 is 0. The highest BCUT2D eigenvalue weighted by Crippen LogP contribution is 2.38. The van der Waals surface area contributed by atoms with E-state index in [-0.39, 0.29) is 5.91 Å². The predicted molar refractivity (Wildman–Crippen MR) is 117 cm³/mol. The number of amides is 1. The minimum absolute atomic E-state index is 0.210. The van der Waals surface area contributed by atoms with Crippen molar-refractivity contribution in [1.82, 2.24) is 10.6 Å². The van der Waals surface area contributed by atoms with Gasteiger partial charge in [-0.3, -0.25) is 4.79 Å². The Labute approximate surface area is 176 Å². The van der Waals surface area contributed by atoms with Gasteiger partial charge in [0.25, 0.3) is 0 Å². The first-order chi connectivity index (χ1) is 14.0. The van der Waals surface area contributed by atoms with E-state index in [1.165, 1.54) is 0 Å². The Kier molecular flexibility index (Phi) is 6.54. The van der Waals surface area contributed by atoms with Gasteiger partial charge in [-0.05, 0) is 37.1 Å². The molecule has 29 heavy (non-hydrogen) atoms. The van der Waals surface area contributed by atoms with Crippen LogP contribution >= 0.6 is 11.6 Å². The molecule has 0 fully saturated rings. The van der Waals surface area contributed by atoms with Crippen LogP contribution in [0.1, 0.15) is 30.9 Å². The lowest BCUT2D eigenvalue weighted by atomic mass is 9.80. The van der Waals surface area contributed by atoms with Gasteiger partial charge in [0.2, 0.25) is 5.91 Å². The van der Waals surface area contributed by atoms with Crippen LogP contribution in [-0.2, 0) is 4.79 Å². The number of carbonyl (C=O) groups is 1. The molecule has 1 unspecified atom stereocenters. The first kappa shape index (κ1) is 20.4. The zero-order valence-corrected chi connectivity index (χ0v) is 17.1. The Balaban J connectivity index is 1.84. The minimum Gasteiger partial charge on any atom is -0.361 e. The van der Waals surface area contributed by atoms with Crippen LogP contribution in [0.2, 0.25) is 5.02 Å². The molecule has 0 radical (unpaired) electrons. The van der Waals surface area contributed by atoms with E-state index in [1.807, 2.05) is 68.5 Å². The molecule has 0 aliphatic carbocycles. The summed E-state index contributed by atoms with van der Waals surface area (Å²) in [5.41, 5.74) is 4.41. The summed E-state index contributed by atoms with van der Waals surface area (Å²) in [5.74, 6) is -0.670. The van der Waals surface area contributed by atoms with Crippen molar-refractivity contribution < 1.29 is 4.79 Å². The largest absolute Gasteiger partial charge is 0.361 e. The SMILES string of the molecule is CC1=C(C#N)C(c2cccc(Cl)c2)C(C(=O)NC/C=C/c2ccccc2)=C(C)N1. The number of rotatable bonds is 5. The van der Waals surface area contributed by atoms with Gasteiger partial charge >= 0.3 is 0 Å². The molecule has 1 amide bonds. The number of nitrogens with one attached hydrogen (secondary N) is 2. The molecule has 3 rings (SSSR count). The zero-order chi connectivity index (χ0) is 20.8. The first-order valence-electron chi connectivity index (χ1n) is 9.35. The number of halogens is 1. The lowest BCUT2D eigenvalue weighted by molar-refractivity contribution is -0.117. The molecule has 0 spiro atoms. The van der Waals surface area contributed by atoms with E-state index in [4.69, 9.17) is 11.6 Å². The monoisotopic (exact) mass is 403 g/mol. The number of dihydropyridines is 1. The quantitative estimate of drug-likeness (QED) is 0.744. The van der Waals surface area contributed by atoms with Crippen LogP contribution < -0.4 is 10.6 Å². The van der Waals surface area contributed by atoms with Gasteiger partial charge in [-0.1, -0.05) is 66.2 Å². The highest BCUT2D eigenvalue weighted by atomic mass is 35.5. The summed E-state index contributed by atoms with van der Waals surface area (Å²) in [5, 5.41) is 16.4. The van der Waals surface area contributed by atoms with Crippen LogP contribution in [0, 0.1) is 11.3 Å².